The molecule has 2 N–H and O–H groups in total. The van der Waals surface area contributed by atoms with Gasteiger partial charge in [-0.2, -0.15) is 4.98 Å². The number of aliphatic imine (C=N–C) groups is 1. The highest BCUT2D eigenvalue weighted by Crippen LogP contribution is 2.12. The number of nitrogens with one attached hydrogen (secondary N) is 2. The van der Waals surface area contributed by atoms with Gasteiger partial charge in [0.1, 0.15) is 0 Å². The van der Waals surface area contributed by atoms with Gasteiger partial charge in [0.05, 0.1) is 13.2 Å². The number of nitrogens with zero attached hydrogens (tertiary/aromatic N) is 4. The molecule has 0 aromatic carbocycles. The first kappa shape index (κ1) is 24.1. The van der Waals surface area contributed by atoms with Gasteiger partial charge in [0.2, 0.25) is 5.89 Å². The molecule has 1 fully saturated rings. The van der Waals surface area contributed by atoms with E-state index in [0.717, 1.165) is 44.6 Å². The third-order valence-electron chi connectivity index (χ3n) is 4.62. The summed E-state index contributed by atoms with van der Waals surface area (Å²) in [6.45, 7) is 13.8. The molecule has 1 aliphatic rings. The number of hydrogen-bond donors (Lipinski definition) is 2. The van der Waals surface area contributed by atoms with E-state index in [2.05, 4.69) is 58.4 Å². The number of hydrogen-bond acceptors (Lipinski definition) is 6. The summed E-state index contributed by atoms with van der Waals surface area (Å²) in [5.41, 5.74) is 0. The van der Waals surface area contributed by atoms with Gasteiger partial charge in [-0.15, -0.1) is 24.0 Å². The first-order chi connectivity index (χ1) is 12.5. The topological polar surface area (TPSA) is 87.8 Å². The molecule has 1 unspecified atom stereocenters. The van der Waals surface area contributed by atoms with Crippen LogP contribution in [0.15, 0.2) is 9.52 Å². The molecule has 0 radical (unpaired) electrons. The van der Waals surface area contributed by atoms with E-state index in [1.807, 2.05) is 0 Å². The Kier molecular flexibility index (Phi) is 11.2. The summed E-state index contributed by atoms with van der Waals surface area (Å²) >= 11 is 0. The van der Waals surface area contributed by atoms with Crippen LogP contribution >= 0.6 is 24.0 Å². The molecular weight excluding hydrogens is 459 g/mol. The number of aromatic nitrogens is 2. The lowest BCUT2D eigenvalue weighted by Crippen LogP contribution is -2.52. The maximum atomic E-state index is 5.47. The zero-order valence-corrected chi connectivity index (χ0v) is 19.5. The SMILES string of the molecule is CN=C(NCCc1nc(C(C)C)no1)NCC(C(C)C)N1CCOCC1.I. The predicted octanol–water partition coefficient (Wildman–Crippen LogP) is 1.88. The zero-order chi connectivity index (χ0) is 18.9. The minimum absolute atomic E-state index is 0. The van der Waals surface area contributed by atoms with Gasteiger partial charge in [-0.25, -0.2) is 0 Å². The quantitative estimate of drug-likeness (QED) is 0.324. The summed E-state index contributed by atoms with van der Waals surface area (Å²) in [5, 5.41) is 10.8. The maximum Gasteiger partial charge on any atom is 0.228 e. The lowest BCUT2D eigenvalue weighted by Gasteiger charge is -2.37. The van der Waals surface area contributed by atoms with Crippen molar-refractivity contribution in [2.45, 2.75) is 46.1 Å². The van der Waals surface area contributed by atoms with Gasteiger partial charge in [-0.05, 0) is 5.92 Å². The summed E-state index contributed by atoms with van der Waals surface area (Å²) in [6.07, 6.45) is 0.678. The standard InChI is InChI=1S/C18H34N6O2.HI/c1-13(2)15(24-8-10-25-11-9-24)12-21-18(19-5)20-7-6-16-22-17(14(3)4)23-26-16;/h13-15H,6-12H2,1-5H3,(H2,19,20,21);1H. The highest BCUT2D eigenvalue weighted by Gasteiger charge is 2.23. The highest BCUT2D eigenvalue weighted by molar-refractivity contribution is 14.0. The summed E-state index contributed by atoms with van der Waals surface area (Å²) in [6, 6.07) is 0.460. The van der Waals surface area contributed by atoms with Crippen LogP contribution in [0, 0.1) is 5.92 Å². The van der Waals surface area contributed by atoms with Crippen LogP contribution in [-0.4, -0.2) is 73.5 Å². The number of guanidine groups is 1. The average Bonchev–Trinajstić information content (AvgIpc) is 3.10. The van der Waals surface area contributed by atoms with E-state index < -0.39 is 0 Å². The zero-order valence-electron chi connectivity index (χ0n) is 17.2. The number of ether oxygens (including phenoxy) is 1. The van der Waals surface area contributed by atoms with Crippen molar-refractivity contribution in [1.29, 1.82) is 0 Å². The summed E-state index contributed by atoms with van der Waals surface area (Å²) in [5.74, 6) is 3.06. The van der Waals surface area contributed by atoms with Crippen molar-refractivity contribution in [3.8, 4) is 0 Å². The van der Waals surface area contributed by atoms with Gasteiger partial charge in [0, 0.05) is 51.6 Å². The Hall–Kier alpha value is -0.940. The maximum absolute atomic E-state index is 5.47. The van der Waals surface area contributed by atoms with Crippen molar-refractivity contribution >= 4 is 29.9 Å². The van der Waals surface area contributed by atoms with Gasteiger partial charge >= 0.3 is 0 Å². The Balaban J connectivity index is 0.00000364. The van der Waals surface area contributed by atoms with Crippen LogP contribution in [0.5, 0.6) is 0 Å². The van der Waals surface area contributed by atoms with E-state index in [0.29, 0.717) is 30.8 Å². The lowest BCUT2D eigenvalue weighted by molar-refractivity contribution is 0.00752. The van der Waals surface area contributed by atoms with E-state index in [1.165, 1.54) is 0 Å². The van der Waals surface area contributed by atoms with E-state index in [1.54, 1.807) is 7.05 Å². The highest BCUT2D eigenvalue weighted by atomic mass is 127. The minimum Gasteiger partial charge on any atom is -0.379 e. The third kappa shape index (κ3) is 7.90. The molecule has 9 heteroatoms. The van der Waals surface area contributed by atoms with E-state index in [4.69, 9.17) is 9.26 Å². The van der Waals surface area contributed by atoms with Gasteiger partial charge in [-0.1, -0.05) is 32.9 Å². The fourth-order valence-electron chi connectivity index (χ4n) is 3.01. The molecule has 0 aliphatic carbocycles. The van der Waals surface area contributed by atoms with Crippen molar-refractivity contribution in [1.82, 2.24) is 25.7 Å². The van der Waals surface area contributed by atoms with E-state index in [-0.39, 0.29) is 29.9 Å². The summed E-state index contributed by atoms with van der Waals surface area (Å²) in [7, 11) is 1.79. The van der Waals surface area contributed by atoms with Crippen LogP contribution in [0.25, 0.3) is 0 Å². The molecular formula is C18H35IN6O2. The molecule has 156 valence electrons. The first-order valence-electron chi connectivity index (χ1n) is 9.60. The second kappa shape index (κ2) is 12.5. The number of morpholine rings is 1. The minimum atomic E-state index is 0. The van der Waals surface area contributed by atoms with Crippen LogP contribution in [0.2, 0.25) is 0 Å². The Labute approximate surface area is 179 Å². The Morgan fingerprint density at radius 1 is 1.19 bits per heavy atom. The molecule has 2 rings (SSSR count). The normalized spacial score (nSPS) is 17.1. The monoisotopic (exact) mass is 494 g/mol. The van der Waals surface area contributed by atoms with Crippen molar-refractivity contribution in [3.05, 3.63) is 11.7 Å². The van der Waals surface area contributed by atoms with Crippen LogP contribution in [0.3, 0.4) is 0 Å². The van der Waals surface area contributed by atoms with E-state index >= 15 is 0 Å². The molecule has 27 heavy (non-hydrogen) atoms. The molecule has 1 aromatic rings. The molecule has 1 aliphatic heterocycles. The van der Waals surface area contributed by atoms with Crippen LogP contribution in [0.1, 0.15) is 45.3 Å². The largest absolute Gasteiger partial charge is 0.379 e. The van der Waals surface area contributed by atoms with Crippen molar-refractivity contribution in [2.24, 2.45) is 10.9 Å². The Morgan fingerprint density at radius 3 is 2.44 bits per heavy atom. The summed E-state index contributed by atoms with van der Waals surface area (Å²) < 4.78 is 10.7. The van der Waals surface area contributed by atoms with Crippen molar-refractivity contribution in [2.75, 3.05) is 46.4 Å². The molecule has 1 aromatic heterocycles. The van der Waals surface area contributed by atoms with Crippen LogP contribution in [-0.2, 0) is 11.2 Å². The Morgan fingerprint density at radius 2 is 1.89 bits per heavy atom. The summed E-state index contributed by atoms with van der Waals surface area (Å²) in [4.78, 5) is 11.2. The van der Waals surface area contributed by atoms with Gasteiger partial charge < -0.3 is 19.9 Å². The second-order valence-corrected chi connectivity index (χ2v) is 7.29. The molecule has 0 saturated carbocycles. The van der Waals surface area contributed by atoms with Crippen LogP contribution < -0.4 is 10.6 Å². The van der Waals surface area contributed by atoms with Crippen molar-refractivity contribution in [3.63, 3.8) is 0 Å². The molecule has 0 bridgehead atoms. The van der Waals surface area contributed by atoms with Crippen molar-refractivity contribution < 1.29 is 9.26 Å². The molecule has 0 spiro atoms. The first-order valence-corrected chi connectivity index (χ1v) is 9.60. The van der Waals surface area contributed by atoms with Crippen LogP contribution in [0.4, 0.5) is 0 Å². The van der Waals surface area contributed by atoms with Gasteiger partial charge in [-0.3, -0.25) is 9.89 Å². The molecule has 1 atom stereocenters. The van der Waals surface area contributed by atoms with Gasteiger partial charge in [0.25, 0.3) is 0 Å². The smallest absolute Gasteiger partial charge is 0.228 e. The number of halogens is 1. The van der Waals surface area contributed by atoms with Gasteiger partial charge in [0.15, 0.2) is 11.8 Å². The predicted molar refractivity (Wildman–Crippen MR) is 118 cm³/mol. The molecule has 1 saturated heterocycles. The fraction of sp³-hybridized carbons (Fsp3) is 0.833. The molecule has 0 amide bonds. The van der Waals surface area contributed by atoms with E-state index in [9.17, 15) is 0 Å². The average molecular weight is 494 g/mol. The molecule has 8 nitrogen and oxygen atoms in total. The Bertz CT molecular complexity index is 558. The lowest BCUT2D eigenvalue weighted by atomic mass is 10.0. The number of rotatable bonds is 8. The fourth-order valence-corrected chi connectivity index (χ4v) is 3.01. The third-order valence-corrected chi connectivity index (χ3v) is 4.62. The molecule has 2 heterocycles. The second-order valence-electron chi connectivity index (χ2n) is 7.29.